The number of hydrogen-bond acceptors (Lipinski definition) is 2. The van der Waals surface area contributed by atoms with Crippen LogP contribution in [0, 0.1) is 5.82 Å². The third-order valence-corrected chi connectivity index (χ3v) is 2.76. The minimum atomic E-state index is -0.431. The Hall–Kier alpha value is -1.94. The van der Waals surface area contributed by atoms with E-state index in [2.05, 4.69) is 10.1 Å². The molecule has 3 aromatic rings. The van der Waals surface area contributed by atoms with E-state index in [9.17, 15) is 4.39 Å². The van der Waals surface area contributed by atoms with E-state index in [1.165, 1.54) is 6.07 Å². The van der Waals surface area contributed by atoms with Crippen LogP contribution in [0.5, 0.6) is 0 Å². The van der Waals surface area contributed by atoms with Crippen molar-refractivity contribution in [2.24, 2.45) is 0 Å². The number of hydrogen-bond donors (Lipinski definition) is 0. The van der Waals surface area contributed by atoms with E-state index in [0.717, 1.165) is 16.9 Å². The highest BCUT2D eigenvalue weighted by atomic mass is 35.5. The molecule has 84 valence electrons. The largest absolute Gasteiger partial charge is 0.236 e. The van der Waals surface area contributed by atoms with Gasteiger partial charge >= 0.3 is 0 Å². The molecule has 0 fully saturated rings. The van der Waals surface area contributed by atoms with Crippen LogP contribution in [0.15, 0.2) is 42.7 Å². The first-order valence-electron chi connectivity index (χ1n) is 5.00. The predicted molar refractivity (Wildman–Crippen MR) is 63.4 cm³/mol. The van der Waals surface area contributed by atoms with Crippen molar-refractivity contribution in [2.45, 2.75) is 0 Å². The maximum atomic E-state index is 13.1. The van der Waals surface area contributed by atoms with Gasteiger partial charge in [-0.15, -0.1) is 0 Å². The molecule has 3 rings (SSSR count). The summed E-state index contributed by atoms with van der Waals surface area (Å²) in [7, 11) is 0. The summed E-state index contributed by atoms with van der Waals surface area (Å²) in [6, 6.07) is 8.21. The van der Waals surface area contributed by atoms with Gasteiger partial charge in [0.2, 0.25) is 0 Å². The zero-order valence-electron chi connectivity index (χ0n) is 8.64. The number of fused-ring (bicyclic) bond motifs is 1. The molecule has 0 unspecified atom stereocenters. The van der Waals surface area contributed by atoms with Gasteiger partial charge in [0.15, 0.2) is 5.65 Å². The zero-order chi connectivity index (χ0) is 11.8. The van der Waals surface area contributed by atoms with Crippen LogP contribution in [0.4, 0.5) is 4.39 Å². The minimum Gasteiger partial charge on any atom is -0.236 e. The maximum Gasteiger partial charge on any atom is 0.153 e. The first-order chi connectivity index (χ1) is 8.24. The van der Waals surface area contributed by atoms with Crippen LogP contribution in [0.1, 0.15) is 0 Å². The van der Waals surface area contributed by atoms with E-state index in [1.807, 2.05) is 12.1 Å². The third-order valence-electron chi connectivity index (χ3n) is 2.47. The molecule has 17 heavy (non-hydrogen) atoms. The van der Waals surface area contributed by atoms with Gasteiger partial charge in [0, 0.05) is 18.0 Å². The van der Waals surface area contributed by atoms with Crippen LogP contribution in [-0.4, -0.2) is 14.6 Å². The highest BCUT2D eigenvalue weighted by molar-refractivity contribution is 6.31. The molecule has 5 heteroatoms. The van der Waals surface area contributed by atoms with E-state index in [1.54, 1.807) is 29.0 Å². The molecule has 2 aromatic heterocycles. The fourth-order valence-corrected chi connectivity index (χ4v) is 1.81. The molecule has 3 nitrogen and oxygen atoms in total. The predicted octanol–water partition coefficient (Wildman–Crippen LogP) is 3.19. The van der Waals surface area contributed by atoms with Crippen molar-refractivity contribution >= 4 is 17.2 Å². The molecule has 0 spiro atoms. The van der Waals surface area contributed by atoms with Gasteiger partial charge in [-0.25, -0.2) is 13.9 Å². The average Bonchev–Trinajstić information content (AvgIpc) is 2.79. The molecule has 1 aromatic carbocycles. The number of benzene rings is 1. The highest BCUT2D eigenvalue weighted by Crippen LogP contribution is 2.23. The van der Waals surface area contributed by atoms with Crippen LogP contribution in [0.25, 0.3) is 16.9 Å². The Morgan fingerprint density at radius 1 is 1.18 bits per heavy atom. The number of halogens is 2. The average molecular weight is 248 g/mol. The van der Waals surface area contributed by atoms with Crippen molar-refractivity contribution in [1.82, 2.24) is 14.6 Å². The SMILES string of the molecule is Fc1ccc(-c2ccc3nccn3n2)cc1Cl. The Morgan fingerprint density at radius 3 is 2.88 bits per heavy atom. The molecular weight excluding hydrogens is 241 g/mol. The molecule has 0 saturated heterocycles. The second kappa shape index (κ2) is 3.82. The number of imidazole rings is 1. The fraction of sp³-hybridized carbons (Fsp3) is 0. The van der Waals surface area contributed by atoms with Gasteiger partial charge in [0.05, 0.1) is 10.7 Å². The second-order valence-corrected chi connectivity index (χ2v) is 3.98. The van der Waals surface area contributed by atoms with E-state index in [0.29, 0.717) is 0 Å². The van der Waals surface area contributed by atoms with Gasteiger partial charge in [-0.05, 0) is 30.3 Å². The van der Waals surface area contributed by atoms with Crippen molar-refractivity contribution in [2.75, 3.05) is 0 Å². The molecule has 0 aliphatic rings. The highest BCUT2D eigenvalue weighted by Gasteiger charge is 2.05. The van der Waals surface area contributed by atoms with Gasteiger partial charge < -0.3 is 0 Å². The first kappa shape index (κ1) is 10.2. The molecule has 0 N–H and O–H groups in total. The van der Waals surface area contributed by atoms with E-state index in [4.69, 9.17) is 11.6 Å². The molecule has 0 atom stereocenters. The standard InChI is InChI=1S/C12H7ClFN3/c13-9-7-8(1-2-10(9)14)11-3-4-12-15-5-6-17(12)16-11/h1-7H. The quantitative estimate of drug-likeness (QED) is 0.661. The van der Waals surface area contributed by atoms with E-state index in [-0.39, 0.29) is 5.02 Å². The van der Waals surface area contributed by atoms with Crippen molar-refractivity contribution < 1.29 is 4.39 Å². The fourth-order valence-electron chi connectivity index (χ4n) is 1.62. The van der Waals surface area contributed by atoms with Crippen LogP contribution in [0.3, 0.4) is 0 Å². The summed E-state index contributed by atoms with van der Waals surface area (Å²) in [4.78, 5) is 4.10. The summed E-state index contributed by atoms with van der Waals surface area (Å²) in [5, 5.41) is 4.44. The molecule has 0 amide bonds. The van der Waals surface area contributed by atoms with Crippen molar-refractivity contribution in [3.8, 4) is 11.3 Å². The van der Waals surface area contributed by atoms with Gasteiger partial charge in [-0.2, -0.15) is 5.10 Å². The van der Waals surface area contributed by atoms with Crippen LogP contribution in [0.2, 0.25) is 5.02 Å². The third kappa shape index (κ3) is 1.76. The molecular formula is C12H7ClFN3. The first-order valence-corrected chi connectivity index (χ1v) is 5.38. The second-order valence-electron chi connectivity index (χ2n) is 3.58. The smallest absolute Gasteiger partial charge is 0.153 e. The summed E-state index contributed by atoms with van der Waals surface area (Å²) < 4.78 is 14.7. The van der Waals surface area contributed by atoms with Crippen molar-refractivity contribution in [1.29, 1.82) is 0 Å². The van der Waals surface area contributed by atoms with Crippen molar-refractivity contribution in [3.63, 3.8) is 0 Å². The number of nitrogens with zero attached hydrogens (tertiary/aromatic N) is 3. The zero-order valence-corrected chi connectivity index (χ0v) is 9.39. The van der Waals surface area contributed by atoms with E-state index < -0.39 is 5.82 Å². The monoisotopic (exact) mass is 247 g/mol. The molecule has 0 aliphatic heterocycles. The lowest BCUT2D eigenvalue weighted by molar-refractivity contribution is 0.628. The van der Waals surface area contributed by atoms with E-state index >= 15 is 0 Å². The van der Waals surface area contributed by atoms with Crippen LogP contribution in [-0.2, 0) is 0 Å². The lowest BCUT2D eigenvalue weighted by Gasteiger charge is -2.02. The summed E-state index contributed by atoms with van der Waals surface area (Å²) in [6.07, 6.45) is 3.42. The van der Waals surface area contributed by atoms with Crippen LogP contribution >= 0.6 is 11.6 Å². The van der Waals surface area contributed by atoms with Gasteiger partial charge in [0.1, 0.15) is 5.82 Å². The maximum absolute atomic E-state index is 13.1. The van der Waals surface area contributed by atoms with Gasteiger partial charge in [-0.3, -0.25) is 0 Å². The topological polar surface area (TPSA) is 30.2 Å². The normalized spacial score (nSPS) is 10.9. The van der Waals surface area contributed by atoms with Crippen LogP contribution < -0.4 is 0 Å². The summed E-state index contributed by atoms with van der Waals surface area (Å²) in [5.41, 5.74) is 2.26. The van der Waals surface area contributed by atoms with Crippen molar-refractivity contribution in [3.05, 3.63) is 53.6 Å². The molecule has 0 aliphatic carbocycles. The lowest BCUT2D eigenvalue weighted by atomic mass is 10.1. The molecule has 0 bridgehead atoms. The lowest BCUT2D eigenvalue weighted by Crippen LogP contribution is -1.93. The Morgan fingerprint density at radius 2 is 2.06 bits per heavy atom. The Balaban J connectivity index is 2.16. The number of rotatable bonds is 1. The minimum absolute atomic E-state index is 0.0926. The molecule has 0 radical (unpaired) electrons. The number of aromatic nitrogens is 3. The Bertz CT molecular complexity index is 693. The molecule has 0 saturated carbocycles. The van der Waals surface area contributed by atoms with Gasteiger partial charge in [0.25, 0.3) is 0 Å². The Labute approximate surface area is 101 Å². The summed E-state index contributed by atoms with van der Waals surface area (Å²) in [5.74, 6) is -0.431. The Kier molecular flexibility index (Phi) is 2.30. The molecule has 2 heterocycles. The summed E-state index contributed by atoms with van der Waals surface area (Å²) in [6.45, 7) is 0. The summed E-state index contributed by atoms with van der Waals surface area (Å²) >= 11 is 5.74. The van der Waals surface area contributed by atoms with Gasteiger partial charge in [-0.1, -0.05) is 11.6 Å².